The largest absolute Gasteiger partial charge is 0.481 e. The van der Waals surface area contributed by atoms with Crippen LogP contribution in [0.15, 0.2) is 22.7 Å². The van der Waals surface area contributed by atoms with E-state index < -0.39 is 10.9 Å². The fourth-order valence-corrected chi connectivity index (χ4v) is 2.49. The van der Waals surface area contributed by atoms with Gasteiger partial charge in [-0.25, -0.2) is 0 Å². The van der Waals surface area contributed by atoms with Crippen LogP contribution in [0.4, 0.5) is 5.69 Å². The topological polar surface area (TPSA) is 101 Å². The lowest BCUT2D eigenvalue weighted by Crippen LogP contribution is -2.50. The summed E-state index contributed by atoms with van der Waals surface area (Å²) in [5.74, 6) is -1.27. The van der Waals surface area contributed by atoms with Crippen molar-refractivity contribution in [3.8, 4) is 0 Å². The zero-order valence-corrected chi connectivity index (χ0v) is 11.9. The highest BCUT2D eigenvalue weighted by Gasteiger charge is 2.33. The van der Waals surface area contributed by atoms with Crippen molar-refractivity contribution < 1.29 is 19.6 Å². The van der Waals surface area contributed by atoms with Gasteiger partial charge in [-0.2, -0.15) is 0 Å². The van der Waals surface area contributed by atoms with Crippen molar-refractivity contribution in [1.82, 2.24) is 4.90 Å². The van der Waals surface area contributed by atoms with Gasteiger partial charge in [0, 0.05) is 35.6 Å². The third kappa shape index (κ3) is 2.96. The Morgan fingerprint density at radius 1 is 1.45 bits per heavy atom. The second-order valence-electron chi connectivity index (χ2n) is 4.60. The highest BCUT2D eigenvalue weighted by Crippen LogP contribution is 2.27. The Morgan fingerprint density at radius 2 is 2.10 bits per heavy atom. The van der Waals surface area contributed by atoms with Gasteiger partial charge in [0.25, 0.3) is 11.6 Å². The molecule has 1 saturated heterocycles. The molecule has 1 heterocycles. The van der Waals surface area contributed by atoms with Crippen molar-refractivity contribution in [3.05, 3.63) is 38.3 Å². The Morgan fingerprint density at radius 3 is 2.65 bits per heavy atom. The summed E-state index contributed by atoms with van der Waals surface area (Å²) >= 11 is 3.19. The van der Waals surface area contributed by atoms with Gasteiger partial charge in [-0.05, 0) is 22.0 Å². The molecular weight excluding hydrogens is 332 g/mol. The Hall–Kier alpha value is -1.96. The summed E-state index contributed by atoms with van der Waals surface area (Å²) in [6.07, 6.45) is 0.0277. The van der Waals surface area contributed by atoms with Crippen LogP contribution in [-0.2, 0) is 4.79 Å². The van der Waals surface area contributed by atoms with Crippen LogP contribution in [-0.4, -0.2) is 39.9 Å². The molecule has 1 N–H and O–H groups in total. The number of carbonyl (C=O) groups excluding carboxylic acids is 1. The average molecular weight is 343 g/mol. The summed E-state index contributed by atoms with van der Waals surface area (Å²) in [5.41, 5.74) is 0.0622. The van der Waals surface area contributed by atoms with E-state index in [1.54, 1.807) is 0 Å². The molecule has 0 saturated carbocycles. The number of carbonyl (C=O) groups is 2. The minimum Gasteiger partial charge on any atom is -0.481 e. The molecule has 0 radical (unpaired) electrons. The van der Waals surface area contributed by atoms with Gasteiger partial charge in [0.15, 0.2) is 0 Å². The average Bonchev–Trinajstić information content (AvgIpc) is 2.32. The van der Waals surface area contributed by atoms with Crippen LogP contribution in [0.25, 0.3) is 0 Å². The molecule has 0 atom stereocenters. The number of hydrogen-bond acceptors (Lipinski definition) is 4. The van der Waals surface area contributed by atoms with Crippen molar-refractivity contribution in [2.45, 2.75) is 6.42 Å². The Bertz CT molecular complexity index is 583. The molecule has 0 aromatic heterocycles. The van der Waals surface area contributed by atoms with Crippen LogP contribution in [0, 0.1) is 16.0 Å². The number of nitrogens with zero attached hydrogens (tertiary/aromatic N) is 2. The van der Waals surface area contributed by atoms with Crippen LogP contribution in [0.1, 0.15) is 16.8 Å². The van der Waals surface area contributed by atoms with E-state index in [0.717, 1.165) is 0 Å². The first-order valence-electron chi connectivity index (χ1n) is 5.83. The fraction of sp³-hybridized carbons (Fsp3) is 0.333. The van der Waals surface area contributed by atoms with Crippen LogP contribution in [0.5, 0.6) is 0 Å². The number of amides is 1. The molecule has 1 aliphatic rings. The molecule has 1 aliphatic heterocycles. The lowest BCUT2D eigenvalue weighted by Gasteiger charge is -2.38. The van der Waals surface area contributed by atoms with E-state index in [1.165, 1.54) is 23.1 Å². The van der Waals surface area contributed by atoms with Crippen molar-refractivity contribution >= 4 is 33.5 Å². The highest BCUT2D eigenvalue weighted by atomic mass is 79.9. The van der Waals surface area contributed by atoms with E-state index in [2.05, 4.69) is 15.9 Å². The number of halogens is 1. The summed E-state index contributed by atoms with van der Waals surface area (Å²) in [5, 5.41) is 19.4. The third-order valence-corrected chi connectivity index (χ3v) is 3.79. The van der Waals surface area contributed by atoms with Crippen molar-refractivity contribution in [1.29, 1.82) is 0 Å². The predicted molar refractivity (Wildman–Crippen MR) is 72.4 cm³/mol. The van der Waals surface area contributed by atoms with Gasteiger partial charge in [-0.3, -0.25) is 19.7 Å². The number of non-ortho nitro benzene ring substituents is 1. The molecule has 1 amide bonds. The standard InChI is InChI=1S/C12H11BrN2O5/c13-10-2-1-8(15(19)20)4-9(10)12(18)14-5-7(6-14)3-11(16)17/h1-2,4,7H,3,5-6H2,(H,16,17). The molecule has 0 bridgehead atoms. The Kier molecular flexibility index (Phi) is 4.03. The minimum atomic E-state index is -0.890. The number of nitro groups is 1. The molecule has 2 rings (SSSR count). The smallest absolute Gasteiger partial charge is 0.303 e. The maximum atomic E-state index is 12.2. The zero-order valence-electron chi connectivity index (χ0n) is 10.3. The molecule has 0 spiro atoms. The van der Waals surface area contributed by atoms with E-state index in [0.29, 0.717) is 17.6 Å². The molecule has 106 valence electrons. The second-order valence-corrected chi connectivity index (χ2v) is 5.45. The van der Waals surface area contributed by atoms with E-state index in [9.17, 15) is 19.7 Å². The maximum Gasteiger partial charge on any atom is 0.303 e. The molecule has 0 aliphatic carbocycles. The number of likely N-dealkylation sites (tertiary alicyclic amines) is 1. The maximum absolute atomic E-state index is 12.2. The van der Waals surface area contributed by atoms with Gasteiger partial charge in [0.1, 0.15) is 0 Å². The first kappa shape index (κ1) is 14.4. The molecule has 1 aromatic carbocycles. The van der Waals surface area contributed by atoms with Gasteiger partial charge < -0.3 is 10.0 Å². The van der Waals surface area contributed by atoms with Crippen LogP contribution in [0.2, 0.25) is 0 Å². The number of nitro benzene ring substituents is 1. The van der Waals surface area contributed by atoms with Crippen molar-refractivity contribution in [3.63, 3.8) is 0 Å². The molecule has 7 nitrogen and oxygen atoms in total. The van der Waals surface area contributed by atoms with E-state index in [4.69, 9.17) is 5.11 Å². The zero-order chi connectivity index (χ0) is 14.9. The quantitative estimate of drug-likeness (QED) is 0.665. The molecule has 1 fully saturated rings. The molecule has 0 unspecified atom stereocenters. The number of aliphatic carboxylic acids is 1. The van der Waals surface area contributed by atoms with Crippen LogP contribution in [0.3, 0.4) is 0 Å². The van der Waals surface area contributed by atoms with Crippen LogP contribution >= 0.6 is 15.9 Å². The summed E-state index contributed by atoms with van der Waals surface area (Å²) in [7, 11) is 0. The fourth-order valence-electron chi connectivity index (χ4n) is 2.07. The summed E-state index contributed by atoms with van der Waals surface area (Å²) in [6.45, 7) is 0.723. The minimum absolute atomic E-state index is 0.0277. The lowest BCUT2D eigenvalue weighted by atomic mass is 9.95. The molecule has 8 heteroatoms. The van der Waals surface area contributed by atoms with Gasteiger partial charge >= 0.3 is 5.97 Å². The number of carboxylic acids is 1. The lowest BCUT2D eigenvalue weighted by molar-refractivity contribution is -0.384. The van der Waals surface area contributed by atoms with Gasteiger partial charge in [-0.1, -0.05) is 0 Å². The second kappa shape index (κ2) is 5.58. The van der Waals surface area contributed by atoms with Crippen molar-refractivity contribution in [2.75, 3.05) is 13.1 Å². The first-order valence-corrected chi connectivity index (χ1v) is 6.62. The van der Waals surface area contributed by atoms with Crippen LogP contribution < -0.4 is 0 Å². The number of carboxylic acid groups (broad SMARTS) is 1. The number of benzene rings is 1. The number of rotatable bonds is 4. The summed E-state index contributed by atoms with van der Waals surface area (Å²) in [6, 6.07) is 3.99. The SMILES string of the molecule is O=C(O)CC1CN(C(=O)c2cc([N+](=O)[O-])ccc2Br)C1. The van der Waals surface area contributed by atoms with Crippen molar-refractivity contribution in [2.24, 2.45) is 5.92 Å². The third-order valence-electron chi connectivity index (χ3n) is 3.10. The van der Waals surface area contributed by atoms with E-state index in [-0.39, 0.29) is 29.5 Å². The Labute approximate surface area is 122 Å². The van der Waals surface area contributed by atoms with Gasteiger partial charge in [0.2, 0.25) is 0 Å². The summed E-state index contributed by atoms with van der Waals surface area (Å²) < 4.78 is 0.481. The Balaban J connectivity index is 2.09. The predicted octanol–water partition coefficient (Wildman–Crippen LogP) is 1.90. The monoisotopic (exact) mass is 342 g/mol. The summed E-state index contributed by atoms with van der Waals surface area (Å²) in [4.78, 5) is 34.4. The van der Waals surface area contributed by atoms with Gasteiger partial charge in [0.05, 0.1) is 16.9 Å². The molecular formula is C12H11BrN2O5. The normalized spacial score (nSPS) is 14.8. The first-order chi connectivity index (χ1) is 9.38. The van der Waals surface area contributed by atoms with Gasteiger partial charge in [-0.15, -0.1) is 0 Å². The molecule has 20 heavy (non-hydrogen) atoms. The highest BCUT2D eigenvalue weighted by molar-refractivity contribution is 9.10. The molecule has 1 aromatic rings. The van der Waals surface area contributed by atoms with E-state index in [1.807, 2.05) is 0 Å². The van der Waals surface area contributed by atoms with E-state index >= 15 is 0 Å². The number of hydrogen-bond donors (Lipinski definition) is 1.